The lowest BCUT2D eigenvalue weighted by molar-refractivity contribution is 0.155. The third-order valence-corrected chi connectivity index (χ3v) is 3.13. The van der Waals surface area contributed by atoms with Gasteiger partial charge in [0.25, 0.3) is 0 Å². The molecule has 0 bridgehead atoms. The molecule has 0 aliphatic rings. The lowest BCUT2D eigenvalue weighted by atomic mass is 10.1. The van der Waals surface area contributed by atoms with E-state index in [1.165, 1.54) is 0 Å². The van der Waals surface area contributed by atoms with Gasteiger partial charge >= 0.3 is 0 Å². The summed E-state index contributed by atoms with van der Waals surface area (Å²) in [5, 5.41) is 10.3. The molecular formula is C15H20N2O2. The zero-order chi connectivity index (χ0) is 13.8. The Morgan fingerprint density at radius 2 is 1.95 bits per heavy atom. The molecule has 0 radical (unpaired) electrons. The van der Waals surface area contributed by atoms with Crippen LogP contribution in [0, 0.1) is 0 Å². The minimum absolute atomic E-state index is 0.345. The van der Waals surface area contributed by atoms with Crippen molar-refractivity contribution in [2.75, 3.05) is 7.11 Å². The molecule has 0 saturated heterocycles. The molecule has 0 saturated carbocycles. The number of nitrogens with zero attached hydrogens (tertiary/aromatic N) is 2. The molecule has 0 amide bonds. The Balaban J connectivity index is 2.11. The van der Waals surface area contributed by atoms with Gasteiger partial charge in [0.1, 0.15) is 11.6 Å². The van der Waals surface area contributed by atoms with Crippen LogP contribution in [0.15, 0.2) is 36.7 Å². The van der Waals surface area contributed by atoms with Gasteiger partial charge in [-0.2, -0.15) is 0 Å². The van der Waals surface area contributed by atoms with Crippen molar-refractivity contribution in [3.63, 3.8) is 0 Å². The highest BCUT2D eigenvalue weighted by atomic mass is 16.5. The number of imidazole rings is 1. The normalized spacial score (nSPS) is 12.7. The summed E-state index contributed by atoms with van der Waals surface area (Å²) in [4.78, 5) is 4.32. The van der Waals surface area contributed by atoms with E-state index in [9.17, 15) is 5.11 Å². The number of aliphatic hydroxyl groups excluding tert-OH is 1. The van der Waals surface area contributed by atoms with Crippen molar-refractivity contribution < 1.29 is 9.84 Å². The topological polar surface area (TPSA) is 47.3 Å². The highest BCUT2D eigenvalue weighted by molar-refractivity contribution is 5.28. The number of aromatic nitrogens is 2. The van der Waals surface area contributed by atoms with Crippen molar-refractivity contribution in [2.45, 2.75) is 32.4 Å². The summed E-state index contributed by atoms with van der Waals surface area (Å²) < 4.78 is 7.11. The first kappa shape index (κ1) is 13.6. The molecule has 1 atom stereocenters. The monoisotopic (exact) mass is 260 g/mol. The fourth-order valence-corrected chi connectivity index (χ4v) is 2.09. The van der Waals surface area contributed by atoms with Gasteiger partial charge in [0.15, 0.2) is 0 Å². The molecule has 0 spiro atoms. The van der Waals surface area contributed by atoms with Crippen molar-refractivity contribution in [2.24, 2.45) is 0 Å². The lowest BCUT2D eigenvalue weighted by Gasteiger charge is -2.15. The Kier molecular flexibility index (Phi) is 4.22. The van der Waals surface area contributed by atoms with Crippen LogP contribution in [-0.4, -0.2) is 21.8 Å². The average molecular weight is 260 g/mol. The summed E-state index contributed by atoms with van der Waals surface area (Å²) in [5.74, 6) is 2.13. The van der Waals surface area contributed by atoms with Gasteiger partial charge in [0.2, 0.25) is 0 Å². The van der Waals surface area contributed by atoms with E-state index in [-0.39, 0.29) is 0 Å². The van der Waals surface area contributed by atoms with Crippen LogP contribution >= 0.6 is 0 Å². The average Bonchev–Trinajstić information content (AvgIpc) is 2.87. The van der Waals surface area contributed by atoms with Crippen LogP contribution in [0.25, 0.3) is 0 Å². The van der Waals surface area contributed by atoms with E-state index in [1.807, 2.05) is 35.0 Å². The van der Waals surface area contributed by atoms with Gasteiger partial charge in [-0.25, -0.2) is 4.98 Å². The second-order valence-electron chi connectivity index (χ2n) is 4.88. The van der Waals surface area contributed by atoms with Gasteiger partial charge in [-0.1, -0.05) is 26.0 Å². The third kappa shape index (κ3) is 3.15. The van der Waals surface area contributed by atoms with E-state index in [0.29, 0.717) is 12.5 Å². The molecule has 2 rings (SSSR count). The number of benzene rings is 1. The Morgan fingerprint density at radius 1 is 1.26 bits per heavy atom. The first-order valence-electron chi connectivity index (χ1n) is 6.45. The number of rotatable bonds is 5. The van der Waals surface area contributed by atoms with Gasteiger partial charge in [-0.3, -0.25) is 0 Å². The molecule has 102 valence electrons. The quantitative estimate of drug-likeness (QED) is 0.899. The first-order valence-corrected chi connectivity index (χ1v) is 6.45. The maximum atomic E-state index is 10.3. The molecule has 1 unspecified atom stereocenters. The fraction of sp³-hybridized carbons (Fsp3) is 0.400. The fourth-order valence-electron chi connectivity index (χ4n) is 2.09. The standard InChI is InChI=1S/C15H20N2O2/c1-11(2)15-16-8-9-17(15)10-14(18)12-4-6-13(19-3)7-5-12/h4-9,11,14,18H,10H2,1-3H3. The molecule has 1 aromatic carbocycles. The maximum absolute atomic E-state index is 10.3. The van der Waals surface area contributed by atoms with E-state index in [0.717, 1.165) is 17.1 Å². The summed E-state index contributed by atoms with van der Waals surface area (Å²) in [5.41, 5.74) is 0.879. The number of hydrogen-bond acceptors (Lipinski definition) is 3. The van der Waals surface area contributed by atoms with E-state index in [2.05, 4.69) is 18.8 Å². The second kappa shape index (κ2) is 5.89. The molecule has 1 N–H and O–H groups in total. The third-order valence-electron chi connectivity index (χ3n) is 3.13. The largest absolute Gasteiger partial charge is 0.497 e. The van der Waals surface area contributed by atoms with Crippen LogP contribution < -0.4 is 4.74 Å². The van der Waals surface area contributed by atoms with Gasteiger partial charge in [0.05, 0.1) is 19.8 Å². The molecular weight excluding hydrogens is 240 g/mol. The molecule has 4 heteroatoms. The minimum atomic E-state index is -0.544. The number of aliphatic hydroxyl groups is 1. The number of methoxy groups -OCH3 is 1. The number of hydrogen-bond donors (Lipinski definition) is 1. The van der Waals surface area contributed by atoms with Crippen LogP contribution in [0.3, 0.4) is 0 Å². The van der Waals surface area contributed by atoms with Crippen LogP contribution in [0.4, 0.5) is 0 Å². The summed E-state index contributed by atoms with van der Waals surface area (Å²) in [6, 6.07) is 7.48. The molecule has 4 nitrogen and oxygen atoms in total. The summed E-state index contributed by atoms with van der Waals surface area (Å²) >= 11 is 0. The molecule has 1 heterocycles. The summed E-state index contributed by atoms with van der Waals surface area (Å²) in [7, 11) is 1.63. The Bertz CT molecular complexity index is 517. The van der Waals surface area contributed by atoms with Crippen molar-refractivity contribution in [1.82, 2.24) is 9.55 Å². The lowest BCUT2D eigenvalue weighted by Crippen LogP contribution is -2.11. The van der Waals surface area contributed by atoms with Crippen molar-refractivity contribution >= 4 is 0 Å². The van der Waals surface area contributed by atoms with E-state index in [1.54, 1.807) is 13.3 Å². The zero-order valence-corrected chi connectivity index (χ0v) is 11.6. The molecule has 1 aromatic heterocycles. The Labute approximate surface area is 113 Å². The SMILES string of the molecule is COc1ccc(C(O)Cn2ccnc2C(C)C)cc1. The van der Waals surface area contributed by atoms with E-state index < -0.39 is 6.10 Å². The minimum Gasteiger partial charge on any atom is -0.497 e. The van der Waals surface area contributed by atoms with Crippen molar-refractivity contribution in [1.29, 1.82) is 0 Å². The molecule has 0 aliphatic carbocycles. The van der Waals surface area contributed by atoms with E-state index in [4.69, 9.17) is 4.74 Å². The molecule has 19 heavy (non-hydrogen) atoms. The molecule has 0 fully saturated rings. The van der Waals surface area contributed by atoms with E-state index >= 15 is 0 Å². The van der Waals surface area contributed by atoms with Gasteiger partial charge in [-0.15, -0.1) is 0 Å². The van der Waals surface area contributed by atoms with Crippen LogP contribution in [-0.2, 0) is 6.54 Å². The van der Waals surface area contributed by atoms with Crippen molar-refractivity contribution in [3.8, 4) is 5.75 Å². The second-order valence-corrected chi connectivity index (χ2v) is 4.88. The highest BCUT2D eigenvalue weighted by Crippen LogP contribution is 2.21. The number of ether oxygens (including phenoxy) is 1. The van der Waals surface area contributed by atoms with Gasteiger partial charge in [0, 0.05) is 18.3 Å². The predicted molar refractivity (Wildman–Crippen MR) is 74.3 cm³/mol. The van der Waals surface area contributed by atoms with Crippen LogP contribution in [0.1, 0.15) is 37.3 Å². The predicted octanol–water partition coefficient (Wildman–Crippen LogP) is 2.75. The first-order chi connectivity index (χ1) is 9.11. The molecule has 2 aromatic rings. The summed E-state index contributed by atoms with van der Waals surface area (Å²) in [6.45, 7) is 4.71. The van der Waals surface area contributed by atoms with Crippen molar-refractivity contribution in [3.05, 3.63) is 48.0 Å². The maximum Gasteiger partial charge on any atom is 0.118 e. The smallest absolute Gasteiger partial charge is 0.118 e. The Hall–Kier alpha value is -1.81. The van der Waals surface area contributed by atoms with Crippen LogP contribution in [0.5, 0.6) is 5.75 Å². The summed E-state index contributed by atoms with van der Waals surface area (Å²) in [6.07, 6.45) is 3.13. The molecule has 0 aliphatic heterocycles. The highest BCUT2D eigenvalue weighted by Gasteiger charge is 2.13. The van der Waals surface area contributed by atoms with Gasteiger partial charge in [-0.05, 0) is 17.7 Å². The van der Waals surface area contributed by atoms with Gasteiger partial charge < -0.3 is 14.4 Å². The Morgan fingerprint density at radius 3 is 2.53 bits per heavy atom. The zero-order valence-electron chi connectivity index (χ0n) is 11.6. The van der Waals surface area contributed by atoms with Crippen LogP contribution in [0.2, 0.25) is 0 Å².